The first kappa shape index (κ1) is 17.2. The molecule has 0 bridgehead atoms. The molecule has 9 heteroatoms. The highest BCUT2D eigenvalue weighted by Gasteiger charge is 2.34. The summed E-state index contributed by atoms with van der Waals surface area (Å²) in [5, 5.41) is 21.1. The minimum atomic E-state index is -1.27. The minimum absolute atomic E-state index is 0.228. The fourth-order valence-electron chi connectivity index (χ4n) is 3.40. The molecule has 0 saturated heterocycles. The zero-order valence-electron chi connectivity index (χ0n) is 13.7. The fraction of sp³-hybridized carbons (Fsp3) is 0.625. The number of carbonyl (C=O) groups excluding carboxylic acids is 1. The molecule has 2 aliphatic carbocycles. The lowest BCUT2D eigenvalue weighted by atomic mass is 9.95. The summed E-state index contributed by atoms with van der Waals surface area (Å²) < 4.78 is 2.18. The van der Waals surface area contributed by atoms with Crippen LogP contribution in [-0.2, 0) is 4.79 Å². The van der Waals surface area contributed by atoms with Gasteiger partial charge in [0.15, 0.2) is 5.56 Å². The zero-order valence-corrected chi connectivity index (χ0v) is 13.7. The topological polar surface area (TPSA) is 131 Å². The van der Waals surface area contributed by atoms with E-state index >= 15 is 0 Å². The summed E-state index contributed by atoms with van der Waals surface area (Å²) in [6.07, 6.45) is 5.52. The number of aliphatic carboxylic acids is 1. The van der Waals surface area contributed by atoms with Crippen LogP contribution in [0.15, 0.2) is 9.59 Å². The van der Waals surface area contributed by atoms with E-state index in [1.807, 2.05) is 0 Å². The summed E-state index contributed by atoms with van der Waals surface area (Å²) >= 11 is 0. The van der Waals surface area contributed by atoms with Crippen molar-refractivity contribution in [2.75, 3.05) is 6.54 Å². The first-order chi connectivity index (χ1) is 11.9. The molecule has 9 nitrogen and oxygen atoms in total. The number of aromatic hydroxyl groups is 1. The SMILES string of the molecule is O=C(O)CNC(=O)c1c(O)n(C2CC2)c(=O)n(C2CCCCC2)c1=O. The number of carboxylic acid groups (broad SMARTS) is 1. The number of hydrogen-bond acceptors (Lipinski definition) is 5. The van der Waals surface area contributed by atoms with Crippen LogP contribution in [0.25, 0.3) is 0 Å². The third-order valence-electron chi connectivity index (χ3n) is 4.78. The van der Waals surface area contributed by atoms with Gasteiger partial charge in [0.05, 0.1) is 0 Å². The van der Waals surface area contributed by atoms with E-state index in [9.17, 15) is 24.3 Å². The molecule has 0 aliphatic heterocycles. The summed E-state index contributed by atoms with van der Waals surface area (Å²) in [5.41, 5.74) is -2.00. The normalized spacial score (nSPS) is 18.1. The molecule has 2 aliphatic rings. The van der Waals surface area contributed by atoms with E-state index in [1.165, 1.54) is 0 Å². The van der Waals surface area contributed by atoms with Gasteiger partial charge in [0.1, 0.15) is 6.54 Å². The summed E-state index contributed by atoms with van der Waals surface area (Å²) in [6, 6.07) is -0.528. The van der Waals surface area contributed by atoms with E-state index in [2.05, 4.69) is 5.32 Å². The molecule has 2 saturated carbocycles. The van der Waals surface area contributed by atoms with Crippen LogP contribution in [-0.4, -0.2) is 37.8 Å². The number of carboxylic acids is 1. The molecule has 1 aromatic rings. The van der Waals surface area contributed by atoms with Crippen LogP contribution >= 0.6 is 0 Å². The highest BCUT2D eigenvalue weighted by molar-refractivity contribution is 5.97. The van der Waals surface area contributed by atoms with Crippen molar-refractivity contribution < 1.29 is 19.8 Å². The Morgan fingerprint density at radius 2 is 1.60 bits per heavy atom. The van der Waals surface area contributed by atoms with Crippen molar-refractivity contribution in [2.45, 2.75) is 57.0 Å². The number of amides is 1. The number of rotatable bonds is 5. The third-order valence-corrected chi connectivity index (χ3v) is 4.78. The molecule has 0 atom stereocenters. The second-order valence-corrected chi connectivity index (χ2v) is 6.63. The second-order valence-electron chi connectivity index (χ2n) is 6.63. The molecule has 3 rings (SSSR count). The molecule has 1 heterocycles. The van der Waals surface area contributed by atoms with E-state index in [-0.39, 0.29) is 12.1 Å². The van der Waals surface area contributed by atoms with Crippen LogP contribution in [0.2, 0.25) is 0 Å². The molecule has 0 spiro atoms. The van der Waals surface area contributed by atoms with Gasteiger partial charge in [0, 0.05) is 12.1 Å². The molecule has 25 heavy (non-hydrogen) atoms. The molecule has 1 amide bonds. The minimum Gasteiger partial charge on any atom is -0.494 e. The van der Waals surface area contributed by atoms with Crippen LogP contribution < -0.4 is 16.6 Å². The largest absolute Gasteiger partial charge is 0.494 e. The van der Waals surface area contributed by atoms with Crippen LogP contribution in [0.1, 0.15) is 67.4 Å². The molecule has 0 unspecified atom stereocenters. The molecular formula is C16H21N3O6. The Kier molecular flexibility index (Phi) is 4.65. The number of hydrogen-bond donors (Lipinski definition) is 3. The molecule has 0 aromatic carbocycles. The van der Waals surface area contributed by atoms with Crippen molar-refractivity contribution in [1.29, 1.82) is 0 Å². The molecule has 136 valence electrons. The molecular weight excluding hydrogens is 330 g/mol. The second kappa shape index (κ2) is 6.73. The molecule has 3 N–H and O–H groups in total. The van der Waals surface area contributed by atoms with Gasteiger partial charge < -0.3 is 15.5 Å². The van der Waals surface area contributed by atoms with Crippen LogP contribution in [0, 0.1) is 0 Å². The van der Waals surface area contributed by atoms with Gasteiger partial charge in [-0.05, 0) is 25.7 Å². The van der Waals surface area contributed by atoms with Crippen LogP contribution in [0.5, 0.6) is 5.88 Å². The van der Waals surface area contributed by atoms with Gasteiger partial charge in [-0.2, -0.15) is 0 Å². The molecule has 0 radical (unpaired) electrons. The summed E-state index contributed by atoms with van der Waals surface area (Å²) in [6.45, 7) is -0.677. The van der Waals surface area contributed by atoms with Crippen LogP contribution in [0.4, 0.5) is 0 Å². The van der Waals surface area contributed by atoms with Crippen molar-refractivity contribution in [3.63, 3.8) is 0 Å². The first-order valence-electron chi connectivity index (χ1n) is 8.51. The Hall–Kier alpha value is -2.58. The van der Waals surface area contributed by atoms with Crippen molar-refractivity contribution in [2.24, 2.45) is 0 Å². The quantitative estimate of drug-likeness (QED) is 0.702. The predicted molar refractivity (Wildman–Crippen MR) is 87.0 cm³/mol. The summed E-state index contributed by atoms with van der Waals surface area (Å²) in [7, 11) is 0. The maximum Gasteiger partial charge on any atom is 0.334 e. The van der Waals surface area contributed by atoms with Gasteiger partial charge in [-0.3, -0.25) is 23.5 Å². The Labute approximate surface area is 142 Å². The van der Waals surface area contributed by atoms with E-state index in [1.54, 1.807) is 0 Å². The smallest absolute Gasteiger partial charge is 0.334 e. The number of nitrogens with one attached hydrogen (secondary N) is 1. The maximum absolute atomic E-state index is 12.8. The van der Waals surface area contributed by atoms with E-state index < -0.39 is 41.1 Å². The number of nitrogens with zero attached hydrogens (tertiary/aromatic N) is 2. The lowest BCUT2D eigenvalue weighted by Gasteiger charge is -2.25. The van der Waals surface area contributed by atoms with E-state index in [0.717, 1.165) is 28.4 Å². The Morgan fingerprint density at radius 3 is 2.16 bits per heavy atom. The van der Waals surface area contributed by atoms with Gasteiger partial charge in [0.2, 0.25) is 5.88 Å². The number of carbonyl (C=O) groups is 2. The molecule has 1 aromatic heterocycles. The lowest BCUT2D eigenvalue weighted by molar-refractivity contribution is -0.135. The van der Waals surface area contributed by atoms with E-state index in [4.69, 9.17) is 5.11 Å². The fourth-order valence-corrected chi connectivity index (χ4v) is 3.40. The average Bonchev–Trinajstić information content (AvgIpc) is 3.38. The van der Waals surface area contributed by atoms with Gasteiger partial charge in [-0.1, -0.05) is 19.3 Å². The van der Waals surface area contributed by atoms with Crippen molar-refractivity contribution in [3.8, 4) is 5.88 Å². The highest BCUT2D eigenvalue weighted by Crippen LogP contribution is 2.37. The summed E-state index contributed by atoms with van der Waals surface area (Å²) in [4.78, 5) is 48.5. The number of aromatic nitrogens is 2. The Balaban J connectivity index is 2.11. The lowest BCUT2D eigenvalue weighted by Crippen LogP contribution is -2.46. The van der Waals surface area contributed by atoms with E-state index in [0.29, 0.717) is 25.7 Å². The Bertz CT molecular complexity index is 814. The Morgan fingerprint density at radius 1 is 1.00 bits per heavy atom. The van der Waals surface area contributed by atoms with Gasteiger partial charge >= 0.3 is 11.7 Å². The van der Waals surface area contributed by atoms with Gasteiger partial charge in [-0.25, -0.2) is 4.79 Å². The van der Waals surface area contributed by atoms with Crippen LogP contribution in [0.3, 0.4) is 0 Å². The maximum atomic E-state index is 12.8. The summed E-state index contributed by atoms with van der Waals surface area (Å²) in [5.74, 6) is -2.92. The zero-order chi connectivity index (χ0) is 18.1. The molecule has 2 fully saturated rings. The monoisotopic (exact) mass is 351 g/mol. The van der Waals surface area contributed by atoms with Crippen molar-refractivity contribution in [1.82, 2.24) is 14.5 Å². The third kappa shape index (κ3) is 3.31. The standard InChI is InChI=1S/C16H21N3O6/c20-11(21)8-17-13(22)12-14(23)18(9-4-2-1-3-5-9)16(25)19(15(12)24)10-6-7-10/h9-10,24H,1-8H2,(H,17,22)(H,20,21). The first-order valence-corrected chi connectivity index (χ1v) is 8.51. The highest BCUT2D eigenvalue weighted by atomic mass is 16.4. The van der Waals surface area contributed by atoms with Crippen molar-refractivity contribution in [3.05, 3.63) is 26.4 Å². The van der Waals surface area contributed by atoms with Crippen molar-refractivity contribution >= 4 is 11.9 Å². The van der Waals surface area contributed by atoms with Gasteiger partial charge in [-0.15, -0.1) is 0 Å². The van der Waals surface area contributed by atoms with Gasteiger partial charge in [0.25, 0.3) is 11.5 Å². The average molecular weight is 351 g/mol. The predicted octanol–water partition coefficient (Wildman–Crippen LogP) is 0.370.